The van der Waals surface area contributed by atoms with Crippen molar-refractivity contribution in [2.75, 3.05) is 14.1 Å². The molecule has 0 aliphatic heterocycles. The molecule has 2 rings (SSSR count). The summed E-state index contributed by atoms with van der Waals surface area (Å²) >= 11 is 2.26. The molecule has 1 amide bonds. The summed E-state index contributed by atoms with van der Waals surface area (Å²) in [6, 6.07) is 17.4. The third-order valence-corrected chi connectivity index (χ3v) is 3.99. The summed E-state index contributed by atoms with van der Waals surface area (Å²) < 4.78 is 6.93. The van der Waals surface area contributed by atoms with Gasteiger partial charge >= 0.3 is 0 Å². The SMILES string of the molecule is CN(C)C(=O)/C(C#N)=C\c1ccc(OCc2ccc(I)cc2)cc1. The van der Waals surface area contributed by atoms with Crippen molar-refractivity contribution in [1.82, 2.24) is 4.90 Å². The van der Waals surface area contributed by atoms with Crippen LogP contribution in [0.5, 0.6) is 5.75 Å². The molecule has 0 atom stereocenters. The van der Waals surface area contributed by atoms with E-state index in [1.54, 1.807) is 20.2 Å². The topological polar surface area (TPSA) is 53.3 Å². The number of amides is 1. The van der Waals surface area contributed by atoms with E-state index < -0.39 is 0 Å². The summed E-state index contributed by atoms with van der Waals surface area (Å²) in [5.74, 6) is 0.430. The van der Waals surface area contributed by atoms with Crippen molar-refractivity contribution in [3.05, 3.63) is 68.8 Å². The Morgan fingerprint density at radius 2 is 1.79 bits per heavy atom. The smallest absolute Gasteiger partial charge is 0.264 e. The molecule has 24 heavy (non-hydrogen) atoms. The molecule has 122 valence electrons. The summed E-state index contributed by atoms with van der Waals surface area (Å²) in [6.45, 7) is 0.495. The van der Waals surface area contributed by atoms with Crippen molar-refractivity contribution >= 4 is 34.6 Å². The number of benzene rings is 2. The highest BCUT2D eigenvalue weighted by atomic mass is 127. The van der Waals surface area contributed by atoms with Crippen molar-refractivity contribution in [1.29, 1.82) is 5.26 Å². The predicted octanol–water partition coefficient (Wildman–Crippen LogP) is 3.87. The maximum absolute atomic E-state index is 11.8. The number of ether oxygens (including phenoxy) is 1. The monoisotopic (exact) mass is 432 g/mol. The minimum absolute atomic E-state index is 0.104. The molecule has 4 nitrogen and oxygen atoms in total. The number of carbonyl (C=O) groups excluding carboxylic acids is 1. The first kappa shape index (κ1) is 18.0. The normalized spacial score (nSPS) is 10.8. The van der Waals surface area contributed by atoms with E-state index in [4.69, 9.17) is 10.00 Å². The highest BCUT2D eigenvalue weighted by molar-refractivity contribution is 14.1. The van der Waals surface area contributed by atoms with E-state index >= 15 is 0 Å². The number of rotatable bonds is 5. The molecule has 0 saturated heterocycles. The largest absolute Gasteiger partial charge is 0.489 e. The van der Waals surface area contributed by atoms with Gasteiger partial charge in [0.15, 0.2) is 0 Å². The van der Waals surface area contributed by atoms with Gasteiger partial charge in [0.25, 0.3) is 5.91 Å². The molecule has 0 spiro atoms. The number of nitrogens with zero attached hydrogens (tertiary/aromatic N) is 2. The highest BCUT2D eigenvalue weighted by Gasteiger charge is 2.10. The third-order valence-electron chi connectivity index (χ3n) is 3.27. The van der Waals surface area contributed by atoms with Gasteiger partial charge in [0, 0.05) is 17.7 Å². The fourth-order valence-corrected chi connectivity index (χ4v) is 2.32. The van der Waals surface area contributed by atoms with Gasteiger partial charge in [-0.25, -0.2) is 0 Å². The lowest BCUT2D eigenvalue weighted by Gasteiger charge is -2.09. The molecule has 0 saturated carbocycles. The maximum Gasteiger partial charge on any atom is 0.264 e. The molecule has 0 aliphatic carbocycles. The Balaban J connectivity index is 2.03. The average Bonchev–Trinajstić information content (AvgIpc) is 2.59. The van der Waals surface area contributed by atoms with E-state index in [1.807, 2.05) is 54.6 Å². The van der Waals surface area contributed by atoms with Gasteiger partial charge in [-0.3, -0.25) is 4.79 Å². The van der Waals surface area contributed by atoms with Crippen molar-refractivity contribution in [2.24, 2.45) is 0 Å². The van der Waals surface area contributed by atoms with Gasteiger partial charge in [0.1, 0.15) is 24.0 Å². The molecule has 0 aliphatic rings. The molecular weight excluding hydrogens is 415 g/mol. The van der Waals surface area contributed by atoms with Crippen LogP contribution in [0, 0.1) is 14.9 Å². The number of hydrogen-bond donors (Lipinski definition) is 0. The van der Waals surface area contributed by atoms with Crippen molar-refractivity contribution < 1.29 is 9.53 Å². The van der Waals surface area contributed by atoms with Crippen LogP contribution in [-0.4, -0.2) is 24.9 Å². The second kappa shape index (κ2) is 8.50. The second-order valence-corrected chi connectivity index (χ2v) is 6.60. The van der Waals surface area contributed by atoms with Crippen LogP contribution in [0.3, 0.4) is 0 Å². The standard InChI is InChI=1S/C19H17IN2O2/c1-22(2)19(23)16(12-21)11-14-5-9-18(10-6-14)24-13-15-3-7-17(20)8-4-15/h3-11H,13H2,1-2H3/b16-11-. The predicted molar refractivity (Wildman–Crippen MR) is 102 cm³/mol. The number of carbonyl (C=O) groups is 1. The minimum atomic E-state index is -0.309. The molecule has 0 heterocycles. The van der Waals surface area contributed by atoms with Crippen molar-refractivity contribution in [3.8, 4) is 11.8 Å². The molecule has 5 heteroatoms. The Bertz CT molecular complexity index is 773. The van der Waals surface area contributed by atoms with E-state index in [0.29, 0.717) is 6.61 Å². The van der Waals surface area contributed by atoms with E-state index in [2.05, 4.69) is 22.6 Å². The molecular formula is C19H17IN2O2. The molecule has 0 N–H and O–H groups in total. The van der Waals surface area contributed by atoms with E-state index in [1.165, 1.54) is 8.47 Å². The first-order valence-corrected chi connectivity index (χ1v) is 8.38. The molecule has 2 aromatic rings. The minimum Gasteiger partial charge on any atom is -0.489 e. The van der Waals surface area contributed by atoms with Crippen LogP contribution in [0.4, 0.5) is 0 Å². The van der Waals surface area contributed by atoms with Gasteiger partial charge < -0.3 is 9.64 Å². The summed E-state index contributed by atoms with van der Waals surface area (Å²) in [5.41, 5.74) is 1.98. The number of nitriles is 1. The molecule has 2 aromatic carbocycles. The van der Waals surface area contributed by atoms with Crippen LogP contribution in [0.25, 0.3) is 6.08 Å². The second-order valence-electron chi connectivity index (χ2n) is 5.35. The van der Waals surface area contributed by atoms with Crippen molar-refractivity contribution in [3.63, 3.8) is 0 Å². The van der Waals surface area contributed by atoms with E-state index in [0.717, 1.165) is 16.9 Å². The lowest BCUT2D eigenvalue weighted by atomic mass is 10.1. The summed E-state index contributed by atoms with van der Waals surface area (Å²) in [5, 5.41) is 9.10. The van der Waals surface area contributed by atoms with Crippen LogP contribution in [0.15, 0.2) is 54.1 Å². The lowest BCUT2D eigenvalue weighted by molar-refractivity contribution is -0.124. The summed E-state index contributed by atoms with van der Waals surface area (Å²) in [7, 11) is 3.24. The Kier molecular flexibility index (Phi) is 6.38. The van der Waals surface area contributed by atoms with Gasteiger partial charge in [0.05, 0.1) is 0 Å². The maximum atomic E-state index is 11.8. The Labute approximate surface area is 155 Å². The lowest BCUT2D eigenvalue weighted by Crippen LogP contribution is -2.22. The zero-order chi connectivity index (χ0) is 17.5. The number of likely N-dealkylation sites (N-methyl/N-ethyl adjacent to an activating group) is 1. The van der Waals surface area contributed by atoms with Crippen LogP contribution >= 0.6 is 22.6 Å². The fourth-order valence-electron chi connectivity index (χ4n) is 1.96. The van der Waals surface area contributed by atoms with Gasteiger partial charge in [-0.05, 0) is 64.1 Å². The average molecular weight is 432 g/mol. The highest BCUT2D eigenvalue weighted by Crippen LogP contribution is 2.17. The zero-order valence-corrected chi connectivity index (χ0v) is 15.6. The third kappa shape index (κ3) is 5.10. The van der Waals surface area contributed by atoms with Gasteiger partial charge in [0.2, 0.25) is 0 Å². The van der Waals surface area contributed by atoms with Crippen LogP contribution < -0.4 is 4.74 Å². The summed E-state index contributed by atoms with van der Waals surface area (Å²) in [4.78, 5) is 13.2. The summed E-state index contributed by atoms with van der Waals surface area (Å²) in [6.07, 6.45) is 1.57. The molecule has 0 aromatic heterocycles. The van der Waals surface area contributed by atoms with E-state index in [9.17, 15) is 4.79 Å². The van der Waals surface area contributed by atoms with E-state index in [-0.39, 0.29) is 11.5 Å². The molecule has 0 bridgehead atoms. The molecule has 0 radical (unpaired) electrons. The first-order chi connectivity index (χ1) is 11.5. The number of hydrogen-bond acceptors (Lipinski definition) is 3. The van der Waals surface area contributed by atoms with Crippen LogP contribution in [-0.2, 0) is 11.4 Å². The number of halogens is 1. The zero-order valence-electron chi connectivity index (χ0n) is 13.5. The van der Waals surface area contributed by atoms with Gasteiger partial charge in [-0.1, -0.05) is 24.3 Å². The van der Waals surface area contributed by atoms with Gasteiger partial charge in [-0.2, -0.15) is 5.26 Å². The van der Waals surface area contributed by atoms with Gasteiger partial charge in [-0.15, -0.1) is 0 Å². The molecule has 0 unspecified atom stereocenters. The quantitative estimate of drug-likeness (QED) is 0.410. The Hall–Kier alpha value is -2.33. The van der Waals surface area contributed by atoms with Crippen LogP contribution in [0.1, 0.15) is 11.1 Å². The fraction of sp³-hybridized carbons (Fsp3) is 0.158. The van der Waals surface area contributed by atoms with Crippen LogP contribution in [0.2, 0.25) is 0 Å². The first-order valence-electron chi connectivity index (χ1n) is 7.30. The Morgan fingerprint density at radius 1 is 1.17 bits per heavy atom. The Morgan fingerprint density at radius 3 is 2.33 bits per heavy atom. The van der Waals surface area contributed by atoms with Crippen molar-refractivity contribution in [2.45, 2.75) is 6.61 Å². The molecule has 0 fully saturated rings.